The van der Waals surface area contributed by atoms with Crippen LogP contribution in [0.1, 0.15) is 67.8 Å². The van der Waals surface area contributed by atoms with E-state index in [1.165, 1.54) is 33.5 Å². The molecule has 0 fully saturated rings. The molecule has 4 nitrogen and oxygen atoms in total. The first-order valence-corrected chi connectivity index (χ1v) is 19.3. The number of allylic oxidation sites excluding steroid dienone is 1. The fourth-order valence-corrected chi connectivity index (χ4v) is 9.35. The summed E-state index contributed by atoms with van der Waals surface area (Å²) in [5, 5.41) is 3.75. The molecule has 2 aromatic carbocycles. The molecule has 0 bridgehead atoms. The van der Waals surface area contributed by atoms with Crippen LogP contribution in [0.5, 0.6) is 0 Å². The van der Waals surface area contributed by atoms with Crippen LogP contribution in [0.2, 0.25) is 19.6 Å². The van der Waals surface area contributed by atoms with Crippen molar-refractivity contribution < 1.29 is 8.98 Å². The van der Waals surface area contributed by atoms with Crippen LogP contribution in [0, 0.1) is 5.92 Å². The molecule has 0 N–H and O–H groups in total. The van der Waals surface area contributed by atoms with Gasteiger partial charge < -0.3 is 4.42 Å². The number of aryl methyl sites for hydroxylation is 1. The first kappa shape index (κ1) is 28.0. The van der Waals surface area contributed by atoms with Crippen molar-refractivity contribution in [3.05, 3.63) is 102 Å². The van der Waals surface area contributed by atoms with Crippen molar-refractivity contribution in [1.82, 2.24) is 4.98 Å². The van der Waals surface area contributed by atoms with E-state index >= 15 is 0 Å². The van der Waals surface area contributed by atoms with Crippen molar-refractivity contribution in [3.63, 3.8) is 0 Å². The summed E-state index contributed by atoms with van der Waals surface area (Å²) in [5.41, 5.74) is 11.7. The average Bonchev–Trinajstić information content (AvgIpc) is 3.34. The van der Waals surface area contributed by atoms with E-state index in [4.69, 9.17) is 9.41 Å². The fraction of sp³-hybridized carbons (Fsp3) is 0.342. The molecule has 218 valence electrons. The Bertz CT molecular complexity index is 1940. The number of benzene rings is 2. The van der Waals surface area contributed by atoms with Crippen LogP contribution >= 0.6 is 0 Å². The lowest BCUT2D eigenvalue weighted by Gasteiger charge is -2.33. The Kier molecular flexibility index (Phi) is 6.77. The lowest BCUT2D eigenvalue weighted by Crippen LogP contribution is -2.54. The summed E-state index contributed by atoms with van der Waals surface area (Å²) in [6.45, 7) is 18.8. The highest BCUT2D eigenvalue weighted by Gasteiger charge is 2.42. The van der Waals surface area contributed by atoms with Crippen molar-refractivity contribution in [2.24, 2.45) is 10.9 Å². The van der Waals surface area contributed by atoms with Gasteiger partial charge in [-0.1, -0.05) is 64.3 Å². The molecule has 43 heavy (non-hydrogen) atoms. The van der Waals surface area contributed by atoms with Gasteiger partial charge in [-0.2, -0.15) is 4.57 Å². The molecule has 5 heterocycles. The Morgan fingerprint density at radius 2 is 1.88 bits per heavy atom. The van der Waals surface area contributed by atoms with Crippen molar-refractivity contribution in [1.29, 1.82) is 0 Å². The maximum atomic E-state index is 6.18. The molecule has 2 aliphatic rings. The van der Waals surface area contributed by atoms with Gasteiger partial charge in [0.15, 0.2) is 12.2 Å². The summed E-state index contributed by atoms with van der Waals surface area (Å²) >= 11 is 0. The van der Waals surface area contributed by atoms with Crippen molar-refractivity contribution in [2.75, 3.05) is 0 Å². The summed E-state index contributed by atoms with van der Waals surface area (Å²) in [6, 6.07) is 20.4. The minimum absolute atomic E-state index is 0.265. The summed E-state index contributed by atoms with van der Waals surface area (Å²) in [6.07, 6.45) is 8.30. The summed E-state index contributed by atoms with van der Waals surface area (Å²) in [4.78, 5) is 9.72. The molecule has 0 spiro atoms. The number of aliphatic imine (C=N–C) groups is 1. The largest absolute Gasteiger partial charge is 0.438 e. The number of fused-ring (bicyclic) bond motifs is 11. The molecule has 0 saturated heterocycles. The number of rotatable bonds is 3. The highest BCUT2D eigenvalue weighted by atomic mass is 28.3. The van der Waals surface area contributed by atoms with Gasteiger partial charge in [0.05, 0.1) is 14.5 Å². The summed E-state index contributed by atoms with van der Waals surface area (Å²) in [7, 11) is -1.59. The Morgan fingerprint density at radius 3 is 2.67 bits per heavy atom. The lowest BCUT2D eigenvalue weighted by atomic mass is 9.77. The summed E-state index contributed by atoms with van der Waals surface area (Å²) < 4.78 is 8.80. The standard InChI is InChI=1S/C38H42N3OSi/c1-23(2)19-27-21-33-29-12-9-8-11-28(29)30-16-14-26-15-17-34-37(31-13-10-18-39-38(31)42-34)36(26)25(4)40-24(3)20-32(30)41(33)22-35(27)43(5,6)7/h8-13,15,17-18,21-23,30,32H,3,14,16,19-20H2,1-2,4-7H3/q+1/b40-25-. The first-order chi connectivity index (χ1) is 20.6. The van der Waals surface area contributed by atoms with Crippen LogP contribution in [0.25, 0.3) is 33.3 Å². The predicted octanol–water partition coefficient (Wildman–Crippen LogP) is 8.68. The molecule has 3 aromatic heterocycles. The maximum Gasteiger partial charge on any atom is 0.227 e. The third-order valence-electron chi connectivity index (χ3n) is 9.46. The molecule has 0 amide bonds. The van der Waals surface area contributed by atoms with Crippen molar-refractivity contribution in [2.45, 2.75) is 78.1 Å². The molecule has 5 heteroatoms. The molecule has 0 aliphatic carbocycles. The van der Waals surface area contributed by atoms with Gasteiger partial charge >= 0.3 is 0 Å². The number of hydrogen-bond donors (Lipinski definition) is 0. The van der Waals surface area contributed by atoms with E-state index in [1.807, 2.05) is 6.07 Å². The molecule has 2 atom stereocenters. The topological polar surface area (TPSA) is 42.3 Å². The van der Waals surface area contributed by atoms with Gasteiger partial charge in [0, 0.05) is 56.7 Å². The number of nitrogens with zero attached hydrogens (tertiary/aromatic N) is 3. The van der Waals surface area contributed by atoms with E-state index in [2.05, 4.69) is 111 Å². The van der Waals surface area contributed by atoms with Crippen LogP contribution < -0.4 is 9.75 Å². The highest BCUT2D eigenvalue weighted by molar-refractivity contribution is 6.89. The van der Waals surface area contributed by atoms with Gasteiger partial charge in [-0.05, 0) is 73.1 Å². The fourth-order valence-electron chi connectivity index (χ4n) is 7.69. The molecular formula is C38H42N3OSi+. The van der Waals surface area contributed by atoms with Crippen molar-refractivity contribution in [3.8, 4) is 11.3 Å². The molecule has 5 aromatic rings. The Hall–Kier alpha value is -3.83. The minimum atomic E-state index is -1.59. The second-order valence-electron chi connectivity index (χ2n) is 14.1. The van der Waals surface area contributed by atoms with E-state index < -0.39 is 8.07 Å². The number of furan rings is 1. The van der Waals surface area contributed by atoms with E-state index in [0.29, 0.717) is 17.5 Å². The third kappa shape index (κ3) is 4.78. The molecular weight excluding hydrogens is 543 g/mol. The normalized spacial score (nSPS) is 19.9. The van der Waals surface area contributed by atoms with Crippen LogP contribution in [0.4, 0.5) is 0 Å². The zero-order valence-electron chi connectivity index (χ0n) is 26.4. The van der Waals surface area contributed by atoms with E-state index in [9.17, 15) is 0 Å². The highest BCUT2D eigenvalue weighted by Crippen LogP contribution is 2.44. The summed E-state index contributed by atoms with van der Waals surface area (Å²) in [5.74, 6) is 0.973. The van der Waals surface area contributed by atoms with E-state index in [1.54, 1.807) is 11.4 Å². The Balaban J connectivity index is 1.42. The van der Waals surface area contributed by atoms with Crippen LogP contribution in [-0.2, 0) is 12.8 Å². The average molecular weight is 585 g/mol. The number of pyridine rings is 2. The quantitative estimate of drug-likeness (QED) is 0.157. The van der Waals surface area contributed by atoms with Crippen LogP contribution in [-0.4, -0.2) is 18.8 Å². The second-order valence-corrected chi connectivity index (χ2v) is 19.1. The minimum Gasteiger partial charge on any atom is -0.438 e. The first-order valence-electron chi connectivity index (χ1n) is 15.8. The van der Waals surface area contributed by atoms with Gasteiger partial charge in [-0.25, -0.2) is 4.98 Å². The zero-order chi connectivity index (χ0) is 30.0. The Morgan fingerprint density at radius 1 is 1.07 bits per heavy atom. The zero-order valence-corrected chi connectivity index (χ0v) is 27.4. The van der Waals surface area contributed by atoms with Gasteiger partial charge in [0.1, 0.15) is 5.58 Å². The molecule has 7 rings (SSSR count). The molecule has 2 unspecified atom stereocenters. The second kappa shape index (κ2) is 10.4. The Labute approximate surface area is 256 Å². The number of aromatic nitrogens is 2. The van der Waals surface area contributed by atoms with Gasteiger partial charge in [-0.15, -0.1) is 0 Å². The maximum absolute atomic E-state index is 6.18. The number of hydrogen-bond acceptors (Lipinski definition) is 3. The van der Waals surface area contributed by atoms with Crippen LogP contribution in [0.15, 0.2) is 88.7 Å². The van der Waals surface area contributed by atoms with Gasteiger partial charge in [0.2, 0.25) is 11.4 Å². The lowest BCUT2D eigenvalue weighted by molar-refractivity contribution is -0.717. The van der Waals surface area contributed by atoms with Gasteiger partial charge in [0.25, 0.3) is 0 Å². The van der Waals surface area contributed by atoms with E-state index in [-0.39, 0.29) is 6.04 Å². The molecule has 0 radical (unpaired) electrons. The smallest absolute Gasteiger partial charge is 0.227 e. The third-order valence-corrected chi connectivity index (χ3v) is 11.5. The van der Waals surface area contributed by atoms with Gasteiger partial charge in [-0.3, -0.25) is 4.99 Å². The monoisotopic (exact) mass is 584 g/mol. The van der Waals surface area contributed by atoms with Crippen LogP contribution in [0.3, 0.4) is 0 Å². The SMILES string of the molecule is C=C1CC2C(CCc3ccc4oc5ncccc5c4c3/C(C)=N\1)c1ccccc1-c1cc(CC(C)C)c([Si](C)(C)C)c[n+]12. The van der Waals surface area contributed by atoms with Crippen molar-refractivity contribution >= 4 is 41.0 Å². The predicted molar refractivity (Wildman–Crippen MR) is 181 cm³/mol. The molecule has 0 saturated carbocycles. The van der Waals surface area contributed by atoms with E-state index in [0.717, 1.165) is 53.4 Å². The molecule has 2 aliphatic heterocycles.